The van der Waals surface area contributed by atoms with Gasteiger partial charge in [-0.25, -0.2) is 0 Å². The van der Waals surface area contributed by atoms with E-state index >= 15 is 0 Å². The molecule has 3 heteroatoms. The van der Waals surface area contributed by atoms with Crippen molar-refractivity contribution in [3.63, 3.8) is 0 Å². The monoisotopic (exact) mass is 300 g/mol. The van der Waals surface area contributed by atoms with Gasteiger partial charge in [-0.2, -0.15) is 0 Å². The molecule has 1 N–H and O–H groups in total. The van der Waals surface area contributed by atoms with E-state index in [1.54, 1.807) is 7.11 Å². The van der Waals surface area contributed by atoms with Crippen molar-refractivity contribution in [1.82, 2.24) is 9.88 Å². The van der Waals surface area contributed by atoms with Crippen LogP contribution in [-0.2, 0) is 6.54 Å². The van der Waals surface area contributed by atoms with Crippen LogP contribution in [0.25, 0.3) is 10.9 Å². The third kappa shape index (κ3) is 2.74. The van der Waals surface area contributed by atoms with Gasteiger partial charge in [0.2, 0.25) is 0 Å². The van der Waals surface area contributed by atoms with Crippen LogP contribution in [0.4, 0.5) is 0 Å². The number of benzene rings is 1. The van der Waals surface area contributed by atoms with Crippen LogP contribution in [0, 0.1) is 12.8 Å². The summed E-state index contributed by atoms with van der Waals surface area (Å²) in [7, 11) is 1.78. The molecule has 0 bridgehead atoms. The van der Waals surface area contributed by atoms with E-state index in [9.17, 15) is 0 Å². The minimum Gasteiger partial charge on any atom is -0.496 e. The maximum absolute atomic E-state index is 5.69. The summed E-state index contributed by atoms with van der Waals surface area (Å²) in [4.78, 5) is 6.03. The Hall–Kier alpha value is -1.48. The number of hydrogen-bond donors (Lipinski definition) is 1. The molecule has 3 rings (SSSR count). The van der Waals surface area contributed by atoms with E-state index in [1.807, 2.05) is 6.20 Å². The third-order valence-electron chi connectivity index (χ3n) is 5.26. The molecule has 1 saturated heterocycles. The lowest BCUT2D eigenvalue weighted by molar-refractivity contribution is 0.107. The quantitative estimate of drug-likeness (QED) is 0.900. The first-order valence-corrected chi connectivity index (χ1v) is 8.51. The molecular formula is C19H28N2O. The maximum Gasteiger partial charge on any atom is 0.124 e. The molecule has 1 aromatic carbocycles. The molecule has 1 fully saturated rings. The Kier molecular flexibility index (Phi) is 4.44. The van der Waals surface area contributed by atoms with Gasteiger partial charge in [0.15, 0.2) is 0 Å². The van der Waals surface area contributed by atoms with Crippen LogP contribution in [0.15, 0.2) is 18.3 Å². The standard InChI is InChI=1S/C19H28N2O/c1-5-15-10-13(2)7-9-21(15)12-17-16-6-8-20-19(16)14(3)11-18(17)22-4/h6,8,11,13,15,20H,5,7,9-10,12H2,1-4H3/t13-,15-/m1/s1. The zero-order valence-corrected chi connectivity index (χ0v) is 14.3. The number of H-pyrrole nitrogens is 1. The first-order valence-electron chi connectivity index (χ1n) is 8.51. The zero-order chi connectivity index (χ0) is 15.7. The van der Waals surface area contributed by atoms with Gasteiger partial charge in [-0.3, -0.25) is 4.90 Å². The van der Waals surface area contributed by atoms with Crippen molar-refractivity contribution in [3.8, 4) is 5.75 Å². The second-order valence-electron chi connectivity index (χ2n) is 6.80. The topological polar surface area (TPSA) is 28.3 Å². The summed E-state index contributed by atoms with van der Waals surface area (Å²) in [5.41, 5.74) is 3.83. The number of methoxy groups -OCH3 is 1. The second-order valence-corrected chi connectivity index (χ2v) is 6.80. The molecule has 0 unspecified atom stereocenters. The molecule has 0 radical (unpaired) electrons. The number of piperidine rings is 1. The SMILES string of the molecule is CC[C@@H]1C[C@H](C)CCN1Cc1c(OC)cc(C)c2[nH]ccc12. The van der Waals surface area contributed by atoms with Crippen molar-refractivity contribution in [1.29, 1.82) is 0 Å². The number of rotatable bonds is 4. The number of aromatic amines is 1. The van der Waals surface area contributed by atoms with Gasteiger partial charge in [0.1, 0.15) is 5.75 Å². The van der Waals surface area contributed by atoms with Gasteiger partial charge < -0.3 is 9.72 Å². The number of aryl methyl sites for hydroxylation is 1. The number of fused-ring (bicyclic) bond motifs is 1. The molecule has 1 aliphatic heterocycles. The Bertz CT molecular complexity index is 646. The van der Waals surface area contributed by atoms with Crippen LogP contribution in [0.2, 0.25) is 0 Å². The van der Waals surface area contributed by atoms with Gasteiger partial charge in [-0.1, -0.05) is 13.8 Å². The molecule has 0 saturated carbocycles. The molecule has 3 nitrogen and oxygen atoms in total. The number of likely N-dealkylation sites (tertiary alicyclic amines) is 1. The van der Waals surface area contributed by atoms with Gasteiger partial charge in [-0.05, 0) is 56.3 Å². The highest BCUT2D eigenvalue weighted by Crippen LogP contribution is 2.34. The van der Waals surface area contributed by atoms with E-state index in [4.69, 9.17) is 4.74 Å². The molecule has 2 atom stereocenters. The summed E-state index contributed by atoms with van der Waals surface area (Å²) in [6, 6.07) is 5.05. The van der Waals surface area contributed by atoms with Crippen LogP contribution in [0.5, 0.6) is 5.75 Å². The minimum atomic E-state index is 0.698. The molecule has 0 spiro atoms. The number of nitrogens with one attached hydrogen (secondary N) is 1. The van der Waals surface area contributed by atoms with Crippen LogP contribution >= 0.6 is 0 Å². The highest BCUT2D eigenvalue weighted by Gasteiger charge is 2.26. The lowest BCUT2D eigenvalue weighted by Crippen LogP contribution is -2.41. The van der Waals surface area contributed by atoms with Crippen molar-refractivity contribution >= 4 is 10.9 Å². The average Bonchev–Trinajstić information content (AvgIpc) is 3.01. The lowest BCUT2D eigenvalue weighted by atomic mass is 9.90. The summed E-state index contributed by atoms with van der Waals surface area (Å²) in [5, 5.41) is 1.31. The summed E-state index contributed by atoms with van der Waals surface area (Å²) in [5.74, 6) is 1.88. The Morgan fingerprint density at radius 3 is 2.95 bits per heavy atom. The lowest BCUT2D eigenvalue weighted by Gasteiger charge is -2.38. The second kappa shape index (κ2) is 6.33. The highest BCUT2D eigenvalue weighted by molar-refractivity contribution is 5.88. The molecule has 2 aromatic rings. The molecule has 1 aromatic heterocycles. The van der Waals surface area contributed by atoms with E-state index in [1.165, 1.54) is 47.8 Å². The molecule has 1 aliphatic rings. The van der Waals surface area contributed by atoms with E-state index in [-0.39, 0.29) is 0 Å². The van der Waals surface area contributed by atoms with Crippen LogP contribution < -0.4 is 4.74 Å². The fourth-order valence-electron chi connectivity index (χ4n) is 3.92. The smallest absolute Gasteiger partial charge is 0.124 e. The third-order valence-corrected chi connectivity index (χ3v) is 5.26. The number of nitrogens with zero attached hydrogens (tertiary/aromatic N) is 1. The van der Waals surface area contributed by atoms with Crippen molar-refractivity contribution in [2.75, 3.05) is 13.7 Å². The van der Waals surface area contributed by atoms with Gasteiger partial charge in [-0.15, -0.1) is 0 Å². The fourth-order valence-corrected chi connectivity index (χ4v) is 3.92. The Labute approximate surface area is 133 Å². The van der Waals surface area contributed by atoms with Crippen molar-refractivity contribution < 1.29 is 4.74 Å². The molecule has 2 heterocycles. The normalized spacial score (nSPS) is 23.1. The summed E-state index contributed by atoms with van der Waals surface area (Å²) in [6.07, 6.45) is 5.90. The van der Waals surface area contributed by atoms with Crippen LogP contribution in [0.3, 0.4) is 0 Å². The summed E-state index contributed by atoms with van der Waals surface area (Å²) >= 11 is 0. The van der Waals surface area contributed by atoms with Crippen LogP contribution in [-0.4, -0.2) is 29.6 Å². The van der Waals surface area contributed by atoms with E-state index in [0.717, 1.165) is 18.2 Å². The van der Waals surface area contributed by atoms with E-state index in [0.29, 0.717) is 6.04 Å². The average molecular weight is 300 g/mol. The summed E-state index contributed by atoms with van der Waals surface area (Å²) in [6.45, 7) is 9.03. The molecule has 0 aliphatic carbocycles. The van der Waals surface area contributed by atoms with E-state index < -0.39 is 0 Å². The zero-order valence-electron chi connectivity index (χ0n) is 14.3. The molecule has 0 amide bonds. The van der Waals surface area contributed by atoms with Crippen LogP contribution in [0.1, 0.15) is 44.2 Å². The van der Waals surface area contributed by atoms with Gasteiger partial charge in [0.05, 0.1) is 7.11 Å². The first kappa shape index (κ1) is 15.4. The van der Waals surface area contributed by atoms with Crippen molar-refractivity contribution in [3.05, 3.63) is 29.5 Å². The van der Waals surface area contributed by atoms with Crippen molar-refractivity contribution in [2.24, 2.45) is 5.92 Å². The molecular weight excluding hydrogens is 272 g/mol. The van der Waals surface area contributed by atoms with Crippen molar-refractivity contribution in [2.45, 2.75) is 52.6 Å². The Morgan fingerprint density at radius 1 is 1.41 bits per heavy atom. The predicted octanol–water partition coefficient (Wildman–Crippen LogP) is 4.50. The first-order chi connectivity index (χ1) is 10.6. The number of ether oxygens (including phenoxy) is 1. The fraction of sp³-hybridized carbons (Fsp3) is 0.579. The Balaban J connectivity index is 1.96. The Morgan fingerprint density at radius 2 is 2.23 bits per heavy atom. The molecule has 22 heavy (non-hydrogen) atoms. The number of aromatic nitrogens is 1. The highest BCUT2D eigenvalue weighted by atomic mass is 16.5. The largest absolute Gasteiger partial charge is 0.496 e. The minimum absolute atomic E-state index is 0.698. The van der Waals surface area contributed by atoms with E-state index in [2.05, 4.69) is 42.8 Å². The summed E-state index contributed by atoms with van der Waals surface area (Å²) < 4.78 is 5.69. The number of hydrogen-bond acceptors (Lipinski definition) is 2. The molecule has 120 valence electrons. The van der Waals surface area contributed by atoms with Gasteiger partial charge >= 0.3 is 0 Å². The van der Waals surface area contributed by atoms with Gasteiger partial charge in [0, 0.05) is 35.2 Å². The predicted molar refractivity (Wildman–Crippen MR) is 92.5 cm³/mol. The van der Waals surface area contributed by atoms with Gasteiger partial charge in [0.25, 0.3) is 0 Å². The maximum atomic E-state index is 5.69.